The molecule has 1 saturated heterocycles. The van der Waals surface area contributed by atoms with Gasteiger partial charge in [0.25, 0.3) is 0 Å². The third-order valence-corrected chi connectivity index (χ3v) is 5.49. The van der Waals surface area contributed by atoms with Gasteiger partial charge >= 0.3 is 0 Å². The molecule has 2 N–H and O–H groups in total. The maximum atomic E-state index is 11.8. The van der Waals surface area contributed by atoms with Gasteiger partial charge in [0.1, 0.15) is 5.76 Å². The van der Waals surface area contributed by atoms with Crippen molar-refractivity contribution in [1.29, 1.82) is 0 Å². The van der Waals surface area contributed by atoms with Crippen molar-refractivity contribution in [2.45, 2.75) is 37.0 Å². The van der Waals surface area contributed by atoms with Crippen molar-refractivity contribution < 1.29 is 12.8 Å². The molecule has 2 rings (SSSR count). The SMILES string of the molecule is NC(Cc1ccco1)C1CCCCS1(=O)=O. The van der Waals surface area contributed by atoms with Crippen LogP contribution < -0.4 is 5.73 Å². The summed E-state index contributed by atoms with van der Waals surface area (Å²) in [6.45, 7) is 0. The van der Waals surface area contributed by atoms with E-state index in [4.69, 9.17) is 10.2 Å². The van der Waals surface area contributed by atoms with Crippen molar-refractivity contribution in [3.63, 3.8) is 0 Å². The number of rotatable bonds is 3. The molecule has 4 nitrogen and oxygen atoms in total. The third kappa shape index (κ3) is 2.47. The van der Waals surface area contributed by atoms with Gasteiger partial charge < -0.3 is 10.2 Å². The molecule has 1 fully saturated rings. The van der Waals surface area contributed by atoms with Gasteiger partial charge in [-0.2, -0.15) is 0 Å². The number of sulfone groups is 1. The molecule has 2 heterocycles. The smallest absolute Gasteiger partial charge is 0.154 e. The largest absolute Gasteiger partial charge is 0.469 e. The van der Waals surface area contributed by atoms with Gasteiger partial charge in [0.05, 0.1) is 17.3 Å². The molecule has 0 amide bonds. The van der Waals surface area contributed by atoms with Crippen LogP contribution in [-0.4, -0.2) is 25.5 Å². The predicted molar refractivity (Wildman–Crippen MR) is 61.8 cm³/mol. The quantitative estimate of drug-likeness (QED) is 0.863. The van der Waals surface area contributed by atoms with Crippen LogP contribution in [0.25, 0.3) is 0 Å². The molecule has 0 bridgehead atoms. The minimum absolute atomic E-state index is 0.281. The van der Waals surface area contributed by atoms with Crippen LogP contribution in [0.3, 0.4) is 0 Å². The summed E-state index contributed by atoms with van der Waals surface area (Å²) in [6.07, 6.45) is 4.49. The summed E-state index contributed by atoms with van der Waals surface area (Å²) in [4.78, 5) is 0. The normalized spacial score (nSPS) is 26.4. The average molecular weight is 243 g/mol. The van der Waals surface area contributed by atoms with E-state index in [1.807, 2.05) is 6.07 Å². The number of hydrogen-bond donors (Lipinski definition) is 1. The fourth-order valence-corrected chi connectivity index (χ4v) is 4.32. The van der Waals surface area contributed by atoms with Crippen molar-refractivity contribution in [3.8, 4) is 0 Å². The molecule has 1 aromatic rings. The molecule has 0 aliphatic carbocycles. The third-order valence-electron chi connectivity index (χ3n) is 3.12. The van der Waals surface area contributed by atoms with Crippen LogP contribution in [0.1, 0.15) is 25.0 Å². The summed E-state index contributed by atoms with van der Waals surface area (Å²) in [7, 11) is -2.99. The van der Waals surface area contributed by atoms with E-state index in [0.29, 0.717) is 12.8 Å². The van der Waals surface area contributed by atoms with E-state index in [2.05, 4.69) is 0 Å². The van der Waals surface area contributed by atoms with Gasteiger partial charge in [-0.1, -0.05) is 6.42 Å². The van der Waals surface area contributed by atoms with Crippen LogP contribution >= 0.6 is 0 Å². The average Bonchev–Trinajstić information content (AvgIpc) is 2.69. The van der Waals surface area contributed by atoms with E-state index in [1.165, 1.54) is 0 Å². The van der Waals surface area contributed by atoms with Crippen molar-refractivity contribution in [3.05, 3.63) is 24.2 Å². The van der Waals surface area contributed by atoms with E-state index in [-0.39, 0.29) is 11.8 Å². The Kier molecular flexibility index (Phi) is 3.35. The van der Waals surface area contributed by atoms with Crippen molar-refractivity contribution >= 4 is 9.84 Å². The van der Waals surface area contributed by atoms with Crippen molar-refractivity contribution in [2.24, 2.45) is 5.73 Å². The zero-order valence-electron chi connectivity index (χ0n) is 9.13. The summed E-state index contributed by atoms with van der Waals surface area (Å²) in [5.74, 6) is 1.04. The summed E-state index contributed by atoms with van der Waals surface area (Å²) in [6, 6.07) is 3.27. The van der Waals surface area contributed by atoms with E-state index in [0.717, 1.165) is 18.6 Å². The topological polar surface area (TPSA) is 73.3 Å². The fourth-order valence-electron chi connectivity index (χ4n) is 2.25. The standard InChI is InChI=1S/C11H17NO3S/c12-10(8-9-4-3-6-15-9)11-5-1-2-7-16(11,13)14/h3-4,6,10-11H,1-2,5,7-8,12H2. The van der Waals surface area contributed by atoms with Crippen LogP contribution in [0.5, 0.6) is 0 Å². The molecular formula is C11H17NO3S. The zero-order valence-corrected chi connectivity index (χ0v) is 9.95. The van der Waals surface area contributed by atoms with Crippen LogP contribution in [0.4, 0.5) is 0 Å². The van der Waals surface area contributed by atoms with Crippen molar-refractivity contribution in [2.75, 3.05) is 5.75 Å². The molecule has 90 valence electrons. The monoisotopic (exact) mass is 243 g/mol. The molecule has 16 heavy (non-hydrogen) atoms. The van der Waals surface area contributed by atoms with Gasteiger partial charge in [0, 0.05) is 12.5 Å². The predicted octanol–water partition coefficient (Wildman–Crippen LogP) is 1.12. The second-order valence-corrected chi connectivity index (χ2v) is 6.69. The highest BCUT2D eigenvalue weighted by Crippen LogP contribution is 2.23. The van der Waals surface area contributed by atoms with Crippen LogP contribution in [0, 0.1) is 0 Å². The van der Waals surface area contributed by atoms with Crippen LogP contribution in [-0.2, 0) is 16.3 Å². The Hall–Kier alpha value is -0.810. The van der Waals surface area contributed by atoms with E-state index >= 15 is 0 Å². The van der Waals surface area contributed by atoms with Gasteiger partial charge in [0.15, 0.2) is 9.84 Å². The molecule has 0 aromatic carbocycles. The summed E-state index contributed by atoms with van der Waals surface area (Å²) < 4.78 is 28.9. The molecule has 0 saturated carbocycles. The molecule has 5 heteroatoms. The Labute approximate surface area is 95.7 Å². The fraction of sp³-hybridized carbons (Fsp3) is 0.636. The minimum atomic E-state index is -2.99. The molecular weight excluding hydrogens is 226 g/mol. The minimum Gasteiger partial charge on any atom is -0.469 e. The Morgan fingerprint density at radius 2 is 2.31 bits per heavy atom. The number of hydrogen-bond acceptors (Lipinski definition) is 4. The van der Waals surface area contributed by atoms with E-state index in [9.17, 15) is 8.42 Å². The lowest BCUT2D eigenvalue weighted by Crippen LogP contribution is -2.44. The van der Waals surface area contributed by atoms with Gasteiger partial charge in [0.2, 0.25) is 0 Å². The number of nitrogens with two attached hydrogens (primary N) is 1. The highest BCUT2D eigenvalue weighted by Gasteiger charge is 2.33. The Morgan fingerprint density at radius 1 is 1.50 bits per heavy atom. The highest BCUT2D eigenvalue weighted by atomic mass is 32.2. The first-order valence-corrected chi connectivity index (χ1v) is 7.31. The first-order chi connectivity index (χ1) is 7.59. The number of furan rings is 1. The highest BCUT2D eigenvalue weighted by molar-refractivity contribution is 7.92. The molecule has 0 spiro atoms. The first-order valence-electron chi connectivity index (χ1n) is 5.59. The summed E-state index contributed by atoms with van der Waals surface area (Å²) >= 11 is 0. The Bertz CT molecular complexity index is 424. The van der Waals surface area contributed by atoms with E-state index < -0.39 is 15.1 Å². The molecule has 0 radical (unpaired) electrons. The maximum Gasteiger partial charge on any atom is 0.154 e. The summed E-state index contributed by atoms with van der Waals surface area (Å²) in [5, 5.41) is -0.397. The lowest BCUT2D eigenvalue weighted by atomic mass is 10.0. The second-order valence-electron chi connectivity index (χ2n) is 4.35. The summed E-state index contributed by atoms with van der Waals surface area (Å²) in [5.41, 5.74) is 5.98. The molecule has 2 atom stereocenters. The van der Waals surface area contributed by atoms with E-state index in [1.54, 1.807) is 12.3 Å². The maximum absolute atomic E-state index is 11.8. The van der Waals surface area contributed by atoms with Crippen LogP contribution in [0.2, 0.25) is 0 Å². The molecule has 1 aromatic heterocycles. The first kappa shape index (κ1) is 11.7. The van der Waals surface area contributed by atoms with Gasteiger partial charge in [-0.3, -0.25) is 0 Å². The van der Waals surface area contributed by atoms with Gasteiger partial charge in [-0.05, 0) is 25.0 Å². The molecule has 1 aliphatic heterocycles. The second kappa shape index (κ2) is 4.59. The lowest BCUT2D eigenvalue weighted by Gasteiger charge is -2.26. The molecule has 2 unspecified atom stereocenters. The molecule has 1 aliphatic rings. The lowest BCUT2D eigenvalue weighted by molar-refractivity contribution is 0.451. The van der Waals surface area contributed by atoms with Crippen LogP contribution in [0.15, 0.2) is 22.8 Å². The Balaban J connectivity index is 2.06. The Morgan fingerprint density at radius 3 is 2.94 bits per heavy atom. The van der Waals surface area contributed by atoms with Crippen molar-refractivity contribution in [1.82, 2.24) is 0 Å². The zero-order chi connectivity index (χ0) is 11.6. The van der Waals surface area contributed by atoms with Gasteiger partial charge in [-0.15, -0.1) is 0 Å². The van der Waals surface area contributed by atoms with Gasteiger partial charge in [-0.25, -0.2) is 8.42 Å².